The van der Waals surface area contributed by atoms with Gasteiger partial charge in [0.15, 0.2) is 0 Å². The maximum atomic E-state index is 13.2. The van der Waals surface area contributed by atoms with Crippen LogP contribution in [0.25, 0.3) is 0 Å². The lowest BCUT2D eigenvalue weighted by molar-refractivity contribution is 0.472. The zero-order chi connectivity index (χ0) is 13.1. The van der Waals surface area contributed by atoms with E-state index in [4.69, 9.17) is 16.3 Å². The highest BCUT2D eigenvalue weighted by Crippen LogP contribution is 2.33. The van der Waals surface area contributed by atoms with Crippen LogP contribution in [0.5, 0.6) is 11.5 Å². The first-order valence-electron chi connectivity index (χ1n) is 5.07. The van der Waals surface area contributed by atoms with Crippen LogP contribution in [0, 0.1) is 5.82 Å². The van der Waals surface area contributed by atoms with Crippen LogP contribution in [0.2, 0.25) is 5.02 Å². The number of alkyl halides is 1. The average Bonchev–Trinajstić information content (AvgIpc) is 2.27. The molecule has 94 valence electrons. The number of ether oxygens (including phenoxy) is 1. The maximum Gasteiger partial charge on any atom is 0.132 e. The first-order valence-corrected chi connectivity index (χ1v) is 7.36. The van der Waals surface area contributed by atoms with Gasteiger partial charge >= 0.3 is 0 Å². The molecule has 18 heavy (non-hydrogen) atoms. The van der Waals surface area contributed by atoms with Gasteiger partial charge in [-0.15, -0.1) is 0 Å². The molecule has 0 atom stereocenters. The van der Waals surface area contributed by atoms with Crippen LogP contribution in [0.15, 0.2) is 40.9 Å². The Morgan fingerprint density at radius 3 is 2.67 bits per heavy atom. The van der Waals surface area contributed by atoms with E-state index < -0.39 is 0 Å². The molecule has 0 aromatic heterocycles. The number of hydrogen-bond donors (Lipinski definition) is 0. The van der Waals surface area contributed by atoms with Crippen molar-refractivity contribution in [2.75, 3.05) is 0 Å². The number of rotatable bonds is 3. The first-order chi connectivity index (χ1) is 8.60. The summed E-state index contributed by atoms with van der Waals surface area (Å²) in [5, 5.41) is 1.18. The molecule has 0 bridgehead atoms. The molecule has 0 radical (unpaired) electrons. The van der Waals surface area contributed by atoms with Gasteiger partial charge in [-0.3, -0.25) is 0 Å². The van der Waals surface area contributed by atoms with Gasteiger partial charge in [-0.2, -0.15) is 0 Å². The molecule has 5 heteroatoms. The van der Waals surface area contributed by atoms with Crippen LogP contribution in [0.4, 0.5) is 4.39 Å². The summed E-state index contributed by atoms with van der Waals surface area (Å²) in [5.41, 5.74) is 0.833. The van der Waals surface area contributed by atoms with E-state index in [0.29, 0.717) is 26.3 Å². The fourth-order valence-electron chi connectivity index (χ4n) is 1.48. The predicted octanol–water partition coefficient (Wildman–Crippen LogP) is 5.93. The van der Waals surface area contributed by atoms with Crippen LogP contribution in [0.3, 0.4) is 0 Å². The van der Waals surface area contributed by atoms with E-state index in [1.807, 2.05) is 0 Å². The molecule has 0 aliphatic carbocycles. The van der Waals surface area contributed by atoms with Crippen LogP contribution in [0.1, 0.15) is 5.56 Å². The molecule has 2 aromatic carbocycles. The topological polar surface area (TPSA) is 9.23 Å². The zero-order valence-electron chi connectivity index (χ0n) is 9.09. The molecule has 2 aromatic rings. The Kier molecular flexibility index (Phi) is 4.65. The van der Waals surface area contributed by atoms with Crippen molar-refractivity contribution in [3.05, 3.63) is 57.3 Å². The summed E-state index contributed by atoms with van der Waals surface area (Å²) in [4.78, 5) is 0. The summed E-state index contributed by atoms with van der Waals surface area (Å²) >= 11 is 12.6. The highest BCUT2D eigenvalue weighted by atomic mass is 79.9. The molecule has 0 heterocycles. The third-order valence-corrected chi connectivity index (χ3v) is 3.65. The third-order valence-electron chi connectivity index (χ3n) is 2.27. The minimum absolute atomic E-state index is 0.359. The molecule has 0 amide bonds. The molecule has 1 nitrogen and oxygen atoms in total. The summed E-state index contributed by atoms with van der Waals surface area (Å²) in [6.45, 7) is 0. The molecular formula is C13H8Br2ClFO. The third kappa shape index (κ3) is 3.25. The average molecular weight is 394 g/mol. The van der Waals surface area contributed by atoms with Crippen molar-refractivity contribution in [3.63, 3.8) is 0 Å². The summed E-state index contributed by atoms with van der Waals surface area (Å²) in [7, 11) is 0. The van der Waals surface area contributed by atoms with Crippen LogP contribution in [-0.2, 0) is 5.33 Å². The van der Waals surface area contributed by atoms with Crippen LogP contribution < -0.4 is 4.74 Å². The molecule has 0 saturated carbocycles. The Morgan fingerprint density at radius 1 is 1.22 bits per heavy atom. The lowest BCUT2D eigenvalue weighted by Crippen LogP contribution is -1.91. The van der Waals surface area contributed by atoms with E-state index in [-0.39, 0.29) is 5.82 Å². The van der Waals surface area contributed by atoms with Gasteiger partial charge in [-0.1, -0.05) is 49.5 Å². The normalized spacial score (nSPS) is 10.4. The van der Waals surface area contributed by atoms with E-state index in [1.165, 1.54) is 12.1 Å². The smallest absolute Gasteiger partial charge is 0.132 e. The van der Waals surface area contributed by atoms with Crippen molar-refractivity contribution in [2.45, 2.75) is 5.33 Å². The summed E-state index contributed by atoms with van der Waals surface area (Å²) in [5.74, 6) is 0.671. The number of hydrogen-bond acceptors (Lipinski definition) is 1. The van der Waals surface area contributed by atoms with Crippen molar-refractivity contribution in [2.24, 2.45) is 0 Å². The second kappa shape index (κ2) is 6.04. The van der Waals surface area contributed by atoms with Crippen molar-refractivity contribution in [1.29, 1.82) is 0 Å². The van der Waals surface area contributed by atoms with E-state index in [0.717, 1.165) is 5.56 Å². The van der Waals surface area contributed by atoms with E-state index in [9.17, 15) is 4.39 Å². The Morgan fingerprint density at radius 2 is 2.00 bits per heavy atom. The summed E-state index contributed by atoms with van der Waals surface area (Å²) in [6, 6.07) is 9.76. The fourth-order valence-corrected chi connectivity index (χ4v) is 2.90. The molecule has 0 N–H and O–H groups in total. The van der Waals surface area contributed by atoms with Gasteiger partial charge in [0.25, 0.3) is 0 Å². The maximum absolute atomic E-state index is 13.2. The molecule has 0 aliphatic heterocycles. The number of benzene rings is 2. The second-order valence-electron chi connectivity index (χ2n) is 3.56. The SMILES string of the molecule is Fc1cc(Br)cc(Oc2cccc(Cl)c2CBr)c1. The fraction of sp³-hybridized carbons (Fsp3) is 0.0769. The van der Waals surface area contributed by atoms with Gasteiger partial charge in [0.2, 0.25) is 0 Å². The summed E-state index contributed by atoms with van der Waals surface area (Å²) < 4.78 is 19.5. The second-order valence-corrected chi connectivity index (χ2v) is 5.44. The lowest BCUT2D eigenvalue weighted by Gasteiger charge is -2.11. The van der Waals surface area contributed by atoms with Gasteiger partial charge in [0.05, 0.1) is 0 Å². The molecule has 0 unspecified atom stereocenters. The van der Waals surface area contributed by atoms with Crippen molar-refractivity contribution >= 4 is 43.5 Å². The lowest BCUT2D eigenvalue weighted by atomic mass is 10.2. The Balaban J connectivity index is 2.36. The van der Waals surface area contributed by atoms with Crippen LogP contribution >= 0.6 is 43.5 Å². The standard InChI is InChI=1S/C13H8Br2ClFO/c14-7-11-12(16)2-1-3-13(11)18-10-5-8(15)4-9(17)6-10/h1-6H,7H2. The first kappa shape index (κ1) is 13.8. The van der Waals surface area contributed by atoms with E-state index in [2.05, 4.69) is 31.9 Å². The van der Waals surface area contributed by atoms with Gasteiger partial charge in [0.1, 0.15) is 17.3 Å². The van der Waals surface area contributed by atoms with Gasteiger partial charge < -0.3 is 4.74 Å². The minimum Gasteiger partial charge on any atom is -0.457 e. The highest BCUT2D eigenvalue weighted by Gasteiger charge is 2.09. The molecule has 0 spiro atoms. The molecule has 0 saturated heterocycles. The van der Waals surface area contributed by atoms with E-state index >= 15 is 0 Å². The van der Waals surface area contributed by atoms with Crippen molar-refractivity contribution < 1.29 is 9.13 Å². The Labute approximate surface area is 126 Å². The largest absolute Gasteiger partial charge is 0.457 e. The molecule has 0 fully saturated rings. The Hall–Kier alpha value is -0.580. The quantitative estimate of drug-likeness (QED) is 0.587. The predicted molar refractivity (Wildman–Crippen MR) is 78.3 cm³/mol. The highest BCUT2D eigenvalue weighted by molar-refractivity contribution is 9.10. The van der Waals surface area contributed by atoms with Gasteiger partial charge in [-0.25, -0.2) is 4.39 Å². The molecule has 2 rings (SSSR count). The molecule has 0 aliphatic rings. The van der Waals surface area contributed by atoms with Crippen molar-refractivity contribution in [1.82, 2.24) is 0 Å². The van der Waals surface area contributed by atoms with E-state index in [1.54, 1.807) is 24.3 Å². The monoisotopic (exact) mass is 392 g/mol. The van der Waals surface area contributed by atoms with Gasteiger partial charge in [0, 0.05) is 26.5 Å². The van der Waals surface area contributed by atoms with Gasteiger partial charge in [-0.05, 0) is 24.3 Å². The Bertz CT molecular complexity index is 555. The number of halogens is 4. The molecular weight excluding hydrogens is 386 g/mol. The summed E-state index contributed by atoms with van der Waals surface area (Å²) in [6.07, 6.45) is 0. The van der Waals surface area contributed by atoms with Crippen LogP contribution in [-0.4, -0.2) is 0 Å². The minimum atomic E-state index is -0.359. The van der Waals surface area contributed by atoms with Crippen molar-refractivity contribution in [3.8, 4) is 11.5 Å². The zero-order valence-corrected chi connectivity index (χ0v) is 13.0.